The zero-order chi connectivity index (χ0) is 12.0. The van der Waals surface area contributed by atoms with Gasteiger partial charge in [0.1, 0.15) is 0 Å². The van der Waals surface area contributed by atoms with Crippen LogP contribution < -0.4 is 5.32 Å². The molecule has 88 valence electrons. The lowest BCUT2D eigenvalue weighted by molar-refractivity contribution is 0.0953. The normalized spacial score (nSPS) is 12.1. The smallest absolute Gasteiger partial charge is 0.251 e. The SMILES string of the molecule is CS(=O)CCCNC(=O)c1cccc(Br)c1. The molecule has 0 aliphatic carbocycles. The van der Waals surface area contributed by atoms with Crippen LogP contribution in [-0.2, 0) is 10.8 Å². The Hall–Kier alpha value is -0.680. The average Bonchev–Trinajstić information content (AvgIpc) is 2.24. The van der Waals surface area contributed by atoms with Gasteiger partial charge >= 0.3 is 0 Å². The minimum atomic E-state index is -0.787. The summed E-state index contributed by atoms with van der Waals surface area (Å²) < 4.78 is 11.7. The van der Waals surface area contributed by atoms with Gasteiger partial charge in [0.2, 0.25) is 0 Å². The summed E-state index contributed by atoms with van der Waals surface area (Å²) in [5, 5.41) is 2.79. The van der Waals surface area contributed by atoms with Gasteiger partial charge in [-0.05, 0) is 24.6 Å². The molecule has 1 N–H and O–H groups in total. The quantitative estimate of drug-likeness (QED) is 0.845. The predicted molar refractivity (Wildman–Crippen MR) is 70.0 cm³/mol. The van der Waals surface area contributed by atoms with Crippen LogP contribution >= 0.6 is 15.9 Å². The largest absolute Gasteiger partial charge is 0.352 e. The van der Waals surface area contributed by atoms with E-state index in [1.54, 1.807) is 18.4 Å². The highest BCUT2D eigenvalue weighted by Gasteiger charge is 2.04. The Labute approximate surface area is 106 Å². The fraction of sp³-hybridized carbons (Fsp3) is 0.364. The van der Waals surface area contributed by atoms with Crippen LogP contribution in [0.15, 0.2) is 28.7 Å². The molecule has 1 amide bonds. The summed E-state index contributed by atoms with van der Waals surface area (Å²) in [6.07, 6.45) is 2.40. The van der Waals surface area contributed by atoms with Crippen molar-refractivity contribution in [2.24, 2.45) is 0 Å². The summed E-state index contributed by atoms with van der Waals surface area (Å²) in [4.78, 5) is 11.6. The fourth-order valence-electron chi connectivity index (χ4n) is 1.21. The lowest BCUT2D eigenvalue weighted by atomic mass is 10.2. The molecular formula is C11H14BrNO2S. The molecule has 0 spiro atoms. The summed E-state index contributed by atoms with van der Waals surface area (Å²) in [5.74, 6) is 0.530. The van der Waals surface area contributed by atoms with Gasteiger partial charge in [-0.1, -0.05) is 22.0 Å². The molecule has 0 saturated heterocycles. The Morgan fingerprint density at radius 2 is 2.25 bits per heavy atom. The van der Waals surface area contributed by atoms with Crippen LogP contribution in [0.5, 0.6) is 0 Å². The Morgan fingerprint density at radius 1 is 1.50 bits per heavy atom. The van der Waals surface area contributed by atoms with Crippen LogP contribution in [0.2, 0.25) is 0 Å². The Bertz CT molecular complexity index is 395. The van der Waals surface area contributed by atoms with E-state index < -0.39 is 10.8 Å². The molecule has 16 heavy (non-hydrogen) atoms. The standard InChI is InChI=1S/C11H14BrNO2S/c1-16(15)7-3-6-13-11(14)9-4-2-5-10(12)8-9/h2,4-5,8H,3,6-7H2,1H3,(H,13,14). The number of hydrogen-bond donors (Lipinski definition) is 1. The predicted octanol–water partition coefficient (Wildman–Crippen LogP) is 1.95. The third-order valence-corrected chi connectivity index (χ3v) is 3.34. The molecule has 1 atom stereocenters. The van der Waals surface area contributed by atoms with E-state index in [4.69, 9.17) is 0 Å². The zero-order valence-electron chi connectivity index (χ0n) is 9.03. The van der Waals surface area contributed by atoms with Crippen LogP contribution in [0, 0.1) is 0 Å². The molecule has 0 saturated carbocycles. The summed E-state index contributed by atoms with van der Waals surface area (Å²) >= 11 is 3.31. The minimum absolute atomic E-state index is 0.0943. The molecule has 0 heterocycles. The number of nitrogens with one attached hydrogen (secondary N) is 1. The van der Waals surface area contributed by atoms with E-state index in [2.05, 4.69) is 21.2 Å². The summed E-state index contributed by atoms with van der Waals surface area (Å²) in [6.45, 7) is 0.560. The van der Waals surface area contributed by atoms with Crippen molar-refractivity contribution in [2.75, 3.05) is 18.6 Å². The molecular weight excluding hydrogens is 290 g/mol. The number of carbonyl (C=O) groups is 1. The van der Waals surface area contributed by atoms with Crippen LogP contribution in [0.4, 0.5) is 0 Å². The zero-order valence-corrected chi connectivity index (χ0v) is 11.4. The lowest BCUT2D eigenvalue weighted by Crippen LogP contribution is -2.25. The third-order valence-electron chi connectivity index (χ3n) is 1.98. The number of benzene rings is 1. The first kappa shape index (κ1) is 13.4. The highest BCUT2D eigenvalue weighted by atomic mass is 79.9. The van der Waals surface area contributed by atoms with Gasteiger partial charge < -0.3 is 5.32 Å². The molecule has 1 aromatic carbocycles. The van der Waals surface area contributed by atoms with Gasteiger partial charge in [-0.3, -0.25) is 9.00 Å². The maximum atomic E-state index is 11.6. The van der Waals surface area contributed by atoms with Crippen molar-refractivity contribution < 1.29 is 9.00 Å². The van der Waals surface area contributed by atoms with Crippen molar-refractivity contribution in [3.8, 4) is 0 Å². The molecule has 1 rings (SSSR count). The van der Waals surface area contributed by atoms with Gasteiger partial charge in [-0.2, -0.15) is 0 Å². The summed E-state index contributed by atoms with van der Waals surface area (Å²) in [7, 11) is -0.787. The number of halogens is 1. The van der Waals surface area contributed by atoms with Crippen LogP contribution in [-0.4, -0.2) is 28.7 Å². The summed E-state index contributed by atoms with van der Waals surface area (Å²) in [6, 6.07) is 7.22. The second kappa shape index (κ2) is 6.81. The van der Waals surface area contributed by atoms with E-state index in [-0.39, 0.29) is 5.91 Å². The maximum Gasteiger partial charge on any atom is 0.251 e. The second-order valence-corrected chi connectivity index (χ2v) is 5.87. The van der Waals surface area contributed by atoms with Crippen molar-refractivity contribution in [1.82, 2.24) is 5.32 Å². The van der Waals surface area contributed by atoms with E-state index in [0.29, 0.717) is 17.9 Å². The van der Waals surface area contributed by atoms with Crippen molar-refractivity contribution >= 4 is 32.6 Å². The summed E-state index contributed by atoms with van der Waals surface area (Å²) in [5.41, 5.74) is 0.631. The van der Waals surface area contributed by atoms with Crippen LogP contribution in [0.1, 0.15) is 16.8 Å². The molecule has 0 fully saturated rings. The first-order valence-corrected chi connectivity index (χ1v) is 7.45. The Kier molecular flexibility index (Phi) is 5.69. The number of hydrogen-bond acceptors (Lipinski definition) is 2. The van der Waals surface area contributed by atoms with Gasteiger partial charge in [-0.15, -0.1) is 0 Å². The van der Waals surface area contributed by atoms with Gasteiger partial charge in [0.15, 0.2) is 0 Å². The van der Waals surface area contributed by atoms with E-state index in [1.807, 2.05) is 12.1 Å². The van der Waals surface area contributed by atoms with E-state index in [1.165, 1.54) is 0 Å². The van der Waals surface area contributed by atoms with E-state index >= 15 is 0 Å². The first-order chi connectivity index (χ1) is 7.59. The average molecular weight is 304 g/mol. The van der Waals surface area contributed by atoms with Crippen molar-refractivity contribution in [2.45, 2.75) is 6.42 Å². The maximum absolute atomic E-state index is 11.6. The molecule has 3 nitrogen and oxygen atoms in total. The number of rotatable bonds is 5. The highest BCUT2D eigenvalue weighted by Crippen LogP contribution is 2.11. The van der Waals surface area contributed by atoms with Crippen molar-refractivity contribution in [3.63, 3.8) is 0 Å². The fourth-order valence-corrected chi connectivity index (χ4v) is 2.16. The molecule has 0 radical (unpaired) electrons. The molecule has 5 heteroatoms. The lowest BCUT2D eigenvalue weighted by Gasteiger charge is -2.04. The van der Waals surface area contributed by atoms with Crippen molar-refractivity contribution in [1.29, 1.82) is 0 Å². The third kappa shape index (κ3) is 4.90. The molecule has 0 bridgehead atoms. The van der Waals surface area contributed by atoms with E-state index in [0.717, 1.165) is 10.9 Å². The Morgan fingerprint density at radius 3 is 2.88 bits per heavy atom. The molecule has 0 aliphatic rings. The highest BCUT2D eigenvalue weighted by molar-refractivity contribution is 9.10. The molecule has 1 aromatic rings. The van der Waals surface area contributed by atoms with Crippen LogP contribution in [0.3, 0.4) is 0 Å². The number of carbonyl (C=O) groups excluding carboxylic acids is 1. The van der Waals surface area contributed by atoms with Gasteiger partial charge in [0.05, 0.1) is 0 Å². The van der Waals surface area contributed by atoms with Gasteiger partial charge in [0.25, 0.3) is 5.91 Å². The molecule has 1 unspecified atom stereocenters. The number of amides is 1. The van der Waals surface area contributed by atoms with Gasteiger partial charge in [0, 0.05) is 39.4 Å². The second-order valence-electron chi connectivity index (χ2n) is 3.40. The Balaban J connectivity index is 2.38. The van der Waals surface area contributed by atoms with Crippen LogP contribution in [0.25, 0.3) is 0 Å². The minimum Gasteiger partial charge on any atom is -0.352 e. The molecule has 0 aromatic heterocycles. The van der Waals surface area contributed by atoms with E-state index in [9.17, 15) is 9.00 Å². The van der Waals surface area contributed by atoms with Crippen molar-refractivity contribution in [3.05, 3.63) is 34.3 Å². The topological polar surface area (TPSA) is 46.2 Å². The molecule has 0 aliphatic heterocycles. The first-order valence-electron chi connectivity index (χ1n) is 4.93. The monoisotopic (exact) mass is 303 g/mol. The van der Waals surface area contributed by atoms with Gasteiger partial charge in [-0.25, -0.2) is 0 Å².